The van der Waals surface area contributed by atoms with E-state index in [0.29, 0.717) is 12.0 Å². The molecule has 1 unspecified atom stereocenters. The summed E-state index contributed by atoms with van der Waals surface area (Å²) < 4.78 is 15.0. The molecule has 0 bridgehead atoms. The van der Waals surface area contributed by atoms with Gasteiger partial charge in [0.1, 0.15) is 12.4 Å². The Kier molecular flexibility index (Phi) is 11.9. The van der Waals surface area contributed by atoms with Gasteiger partial charge in [0.15, 0.2) is 0 Å². The number of carbonyl (C=O) groups excluding carboxylic acids is 3. The zero-order valence-corrected chi connectivity index (χ0v) is 16.8. The standard InChI is InChI=1S/C21H28O6/c1-15(2)8-7-9-16(3)10-11-21(27-19(6)24)20(14-26-18(5)23)12-13-25-17(4)22/h7-10,12-14,21H,11H2,1-6H3. The average molecular weight is 376 g/mol. The molecule has 0 heterocycles. The summed E-state index contributed by atoms with van der Waals surface area (Å²) in [5.41, 5.74) is 2.53. The van der Waals surface area contributed by atoms with E-state index >= 15 is 0 Å². The molecule has 1 atom stereocenters. The van der Waals surface area contributed by atoms with Crippen LogP contribution in [0, 0.1) is 0 Å². The Balaban J connectivity index is 5.49. The minimum Gasteiger partial charge on any atom is -0.457 e. The number of hydrogen-bond acceptors (Lipinski definition) is 6. The molecule has 0 amide bonds. The summed E-state index contributed by atoms with van der Waals surface area (Å²) in [5.74, 6) is -1.51. The molecule has 0 spiro atoms. The highest BCUT2D eigenvalue weighted by Gasteiger charge is 2.16. The molecule has 0 saturated carbocycles. The number of ether oxygens (including phenoxy) is 3. The summed E-state index contributed by atoms with van der Waals surface area (Å²) in [5, 5.41) is 0. The third-order valence-corrected chi connectivity index (χ3v) is 2.98. The Morgan fingerprint density at radius 2 is 1.48 bits per heavy atom. The molecule has 0 aliphatic heterocycles. The van der Waals surface area contributed by atoms with Gasteiger partial charge in [-0.25, -0.2) is 0 Å². The van der Waals surface area contributed by atoms with Crippen LogP contribution < -0.4 is 0 Å². The highest BCUT2D eigenvalue weighted by Crippen LogP contribution is 2.16. The topological polar surface area (TPSA) is 78.9 Å². The van der Waals surface area contributed by atoms with Crippen molar-refractivity contribution in [2.24, 2.45) is 0 Å². The Bertz CT molecular complexity index is 673. The van der Waals surface area contributed by atoms with E-state index in [9.17, 15) is 14.4 Å². The Morgan fingerprint density at radius 3 is 2.00 bits per heavy atom. The van der Waals surface area contributed by atoms with Crippen LogP contribution in [0.5, 0.6) is 0 Å². The number of esters is 3. The lowest BCUT2D eigenvalue weighted by Gasteiger charge is -2.16. The van der Waals surface area contributed by atoms with Gasteiger partial charge in [-0.2, -0.15) is 0 Å². The second kappa shape index (κ2) is 13.3. The van der Waals surface area contributed by atoms with Gasteiger partial charge >= 0.3 is 17.9 Å². The lowest BCUT2D eigenvalue weighted by molar-refractivity contribution is -0.144. The van der Waals surface area contributed by atoms with E-state index in [4.69, 9.17) is 14.2 Å². The second-order valence-corrected chi connectivity index (χ2v) is 6.02. The van der Waals surface area contributed by atoms with E-state index in [0.717, 1.165) is 11.8 Å². The van der Waals surface area contributed by atoms with Crippen molar-refractivity contribution in [2.75, 3.05) is 0 Å². The number of hydrogen-bond donors (Lipinski definition) is 0. The molecule has 6 nitrogen and oxygen atoms in total. The Labute approximate surface area is 160 Å². The minimum atomic E-state index is -0.708. The molecule has 0 aromatic rings. The molecule has 0 rings (SSSR count). The first-order valence-electron chi connectivity index (χ1n) is 8.48. The normalized spacial score (nSPS) is 13.4. The summed E-state index contributed by atoms with van der Waals surface area (Å²) in [6.07, 6.45) is 11.1. The van der Waals surface area contributed by atoms with Crippen LogP contribution in [0.4, 0.5) is 0 Å². The number of carbonyl (C=O) groups is 3. The van der Waals surface area contributed by atoms with E-state index in [-0.39, 0.29) is 0 Å². The van der Waals surface area contributed by atoms with Crippen LogP contribution in [-0.2, 0) is 28.6 Å². The molecule has 0 N–H and O–H groups in total. The molecule has 0 radical (unpaired) electrons. The highest BCUT2D eigenvalue weighted by molar-refractivity contribution is 5.68. The molecule has 0 aromatic carbocycles. The van der Waals surface area contributed by atoms with Gasteiger partial charge in [0, 0.05) is 32.8 Å². The van der Waals surface area contributed by atoms with E-state index in [1.807, 2.05) is 45.1 Å². The fraction of sp³-hybridized carbons (Fsp3) is 0.381. The highest BCUT2D eigenvalue weighted by atomic mass is 16.5. The zero-order valence-electron chi connectivity index (χ0n) is 16.8. The predicted octanol–water partition coefficient (Wildman–Crippen LogP) is 4.30. The lowest BCUT2D eigenvalue weighted by atomic mass is 10.1. The van der Waals surface area contributed by atoms with Crippen molar-refractivity contribution in [2.45, 2.75) is 54.1 Å². The number of allylic oxidation sites excluding steroid dienone is 5. The summed E-state index contributed by atoms with van der Waals surface area (Å²) in [6, 6.07) is 0. The summed E-state index contributed by atoms with van der Waals surface area (Å²) in [6.45, 7) is 9.72. The van der Waals surface area contributed by atoms with Crippen LogP contribution in [-0.4, -0.2) is 24.0 Å². The van der Waals surface area contributed by atoms with Crippen molar-refractivity contribution in [1.82, 2.24) is 0 Å². The molecular formula is C21H28O6. The molecule has 6 heteroatoms. The quantitative estimate of drug-likeness (QED) is 0.258. The SMILES string of the molecule is CC(=O)OC=CC(=COC(C)=O)C(CC=C(C)C=CC=C(C)C)OC(C)=O. The molecule has 0 aliphatic carbocycles. The van der Waals surface area contributed by atoms with Gasteiger partial charge in [-0.3, -0.25) is 14.4 Å². The summed E-state index contributed by atoms with van der Waals surface area (Å²) in [4.78, 5) is 33.5. The van der Waals surface area contributed by atoms with Crippen molar-refractivity contribution in [3.8, 4) is 0 Å². The van der Waals surface area contributed by atoms with E-state index in [2.05, 4.69) is 0 Å². The monoisotopic (exact) mass is 376 g/mol. The van der Waals surface area contributed by atoms with Gasteiger partial charge in [-0.1, -0.05) is 35.5 Å². The summed E-state index contributed by atoms with van der Waals surface area (Å²) in [7, 11) is 0. The molecule has 27 heavy (non-hydrogen) atoms. The smallest absolute Gasteiger partial charge is 0.307 e. The maximum atomic E-state index is 11.5. The molecule has 0 saturated heterocycles. The Morgan fingerprint density at radius 1 is 0.852 bits per heavy atom. The van der Waals surface area contributed by atoms with Crippen molar-refractivity contribution in [1.29, 1.82) is 0 Å². The first-order chi connectivity index (χ1) is 12.6. The fourth-order valence-corrected chi connectivity index (χ4v) is 1.79. The first kappa shape index (κ1) is 24.1. The zero-order chi connectivity index (χ0) is 20.8. The maximum absolute atomic E-state index is 11.5. The van der Waals surface area contributed by atoms with Gasteiger partial charge in [0.2, 0.25) is 0 Å². The minimum absolute atomic E-state index is 0.349. The largest absolute Gasteiger partial charge is 0.457 e. The lowest BCUT2D eigenvalue weighted by Crippen LogP contribution is -2.18. The average Bonchev–Trinajstić information content (AvgIpc) is 2.53. The van der Waals surface area contributed by atoms with Crippen LogP contribution in [0.15, 0.2) is 59.6 Å². The van der Waals surface area contributed by atoms with Crippen LogP contribution in [0.25, 0.3) is 0 Å². The van der Waals surface area contributed by atoms with Gasteiger partial charge in [-0.15, -0.1) is 0 Å². The van der Waals surface area contributed by atoms with E-state index in [1.54, 1.807) is 0 Å². The first-order valence-corrected chi connectivity index (χ1v) is 8.48. The molecule has 0 aliphatic rings. The van der Waals surface area contributed by atoms with Crippen LogP contribution in [0.3, 0.4) is 0 Å². The van der Waals surface area contributed by atoms with Crippen LogP contribution in [0.2, 0.25) is 0 Å². The Hall–Kier alpha value is -2.89. The second-order valence-electron chi connectivity index (χ2n) is 6.02. The molecule has 0 aromatic heterocycles. The molecular weight excluding hydrogens is 348 g/mol. The van der Waals surface area contributed by atoms with Crippen LogP contribution >= 0.6 is 0 Å². The van der Waals surface area contributed by atoms with E-state index < -0.39 is 24.0 Å². The maximum Gasteiger partial charge on any atom is 0.307 e. The van der Waals surface area contributed by atoms with Crippen molar-refractivity contribution < 1.29 is 28.6 Å². The number of rotatable bonds is 9. The third-order valence-electron chi connectivity index (χ3n) is 2.98. The van der Waals surface area contributed by atoms with Crippen molar-refractivity contribution in [3.05, 3.63) is 59.6 Å². The van der Waals surface area contributed by atoms with Crippen LogP contribution in [0.1, 0.15) is 48.0 Å². The van der Waals surface area contributed by atoms with Crippen molar-refractivity contribution >= 4 is 17.9 Å². The predicted molar refractivity (Wildman–Crippen MR) is 103 cm³/mol. The van der Waals surface area contributed by atoms with Gasteiger partial charge < -0.3 is 14.2 Å². The van der Waals surface area contributed by atoms with Crippen molar-refractivity contribution in [3.63, 3.8) is 0 Å². The van der Waals surface area contributed by atoms with Gasteiger partial charge in [0.25, 0.3) is 0 Å². The van der Waals surface area contributed by atoms with E-state index in [1.165, 1.54) is 38.7 Å². The third kappa shape index (κ3) is 14.0. The van der Waals surface area contributed by atoms with Gasteiger partial charge in [-0.05, 0) is 26.8 Å². The molecule has 148 valence electrons. The summed E-state index contributed by atoms with van der Waals surface area (Å²) >= 11 is 0. The van der Waals surface area contributed by atoms with Gasteiger partial charge in [0.05, 0.1) is 6.26 Å². The molecule has 0 fully saturated rings. The fourth-order valence-electron chi connectivity index (χ4n) is 1.79.